The number of nitrogens with zero attached hydrogens (tertiary/aromatic N) is 3. The van der Waals surface area contributed by atoms with E-state index in [0.717, 1.165) is 37.6 Å². The lowest BCUT2D eigenvalue weighted by Gasteiger charge is -2.26. The number of nitrogens with two attached hydrogens (primary N) is 1. The van der Waals surface area contributed by atoms with Crippen molar-refractivity contribution in [3.8, 4) is 0 Å². The Bertz CT molecular complexity index is 415. The summed E-state index contributed by atoms with van der Waals surface area (Å²) >= 11 is 0. The van der Waals surface area contributed by atoms with Gasteiger partial charge in [-0.05, 0) is 43.6 Å². The molecular formula is C15H26N4. The number of likely N-dealkylation sites (N-methyl/N-ethyl adjacent to an activating group) is 1. The number of anilines is 1. The Labute approximate surface area is 116 Å². The second-order valence-corrected chi connectivity index (χ2v) is 5.30. The van der Waals surface area contributed by atoms with Crippen LogP contribution in [0.5, 0.6) is 0 Å². The first-order valence-electron chi connectivity index (χ1n) is 7.34. The summed E-state index contributed by atoms with van der Waals surface area (Å²) in [5.41, 5.74) is 8.01. The van der Waals surface area contributed by atoms with Gasteiger partial charge < -0.3 is 10.6 Å². The van der Waals surface area contributed by atoms with Gasteiger partial charge in [0.1, 0.15) is 5.82 Å². The van der Waals surface area contributed by atoms with Crippen LogP contribution in [0.4, 0.5) is 5.82 Å². The number of pyridine rings is 1. The van der Waals surface area contributed by atoms with E-state index in [1.165, 1.54) is 12.0 Å². The van der Waals surface area contributed by atoms with E-state index in [4.69, 9.17) is 5.73 Å². The summed E-state index contributed by atoms with van der Waals surface area (Å²) in [6, 6.07) is 2.83. The van der Waals surface area contributed by atoms with Crippen LogP contribution in [0.3, 0.4) is 0 Å². The smallest absolute Gasteiger partial charge is 0.131 e. The van der Waals surface area contributed by atoms with E-state index in [9.17, 15) is 0 Å². The summed E-state index contributed by atoms with van der Waals surface area (Å²) in [4.78, 5) is 9.56. The first kappa shape index (κ1) is 14.3. The van der Waals surface area contributed by atoms with Gasteiger partial charge >= 0.3 is 0 Å². The summed E-state index contributed by atoms with van der Waals surface area (Å²) in [6.45, 7) is 11.6. The van der Waals surface area contributed by atoms with Gasteiger partial charge in [-0.2, -0.15) is 0 Å². The maximum atomic E-state index is 5.66. The number of hydrogen-bond acceptors (Lipinski definition) is 4. The lowest BCUT2D eigenvalue weighted by Crippen LogP contribution is -2.37. The minimum atomic E-state index is 0.566. The van der Waals surface area contributed by atoms with Crippen LogP contribution in [0.2, 0.25) is 0 Å². The van der Waals surface area contributed by atoms with E-state index in [2.05, 4.69) is 41.6 Å². The van der Waals surface area contributed by atoms with Gasteiger partial charge in [-0.15, -0.1) is 0 Å². The summed E-state index contributed by atoms with van der Waals surface area (Å²) in [6.07, 6.45) is 3.15. The van der Waals surface area contributed by atoms with Crippen LogP contribution in [0.1, 0.15) is 31.4 Å². The highest BCUT2D eigenvalue weighted by molar-refractivity contribution is 5.48. The molecule has 0 aromatic carbocycles. The Morgan fingerprint density at radius 1 is 1.42 bits per heavy atom. The Balaban J connectivity index is 2.08. The predicted octanol–water partition coefficient (Wildman–Crippen LogP) is 1.77. The minimum Gasteiger partial charge on any atom is -0.355 e. The van der Waals surface area contributed by atoms with Gasteiger partial charge in [-0.25, -0.2) is 4.98 Å². The first-order valence-corrected chi connectivity index (χ1v) is 7.34. The van der Waals surface area contributed by atoms with Crippen LogP contribution < -0.4 is 10.6 Å². The standard InChI is InChI=1S/C15H26N4/c1-4-18(5-2)14-6-7-19(11-14)15-12(3)8-13(9-16)10-17-15/h8,10,14H,4-7,9,11,16H2,1-3H3. The van der Waals surface area contributed by atoms with Crippen molar-refractivity contribution in [2.24, 2.45) is 5.73 Å². The molecule has 4 nitrogen and oxygen atoms in total. The Morgan fingerprint density at radius 3 is 2.74 bits per heavy atom. The first-order chi connectivity index (χ1) is 9.19. The van der Waals surface area contributed by atoms with Crippen molar-refractivity contribution in [3.63, 3.8) is 0 Å². The maximum Gasteiger partial charge on any atom is 0.131 e. The SMILES string of the molecule is CCN(CC)C1CCN(c2ncc(CN)cc2C)C1. The number of rotatable bonds is 5. The van der Waals surface area contributed by atoms with Gasteiger partial charge in [-0.3, -0.25) is 4.90 Å². The number of aromatic nitrogens is 1. The van der Waals surface area contributed by atoms with Crippen LogP contribution in [0.25, 0.3) is 0 Å². The normalized spacial score (nSPS) is 19.4. The lowest BCUT2D eigenvalue weighted by molar-refractivity contribution is 0.232. The molecule has 1 atom stereocenters. The van der Waals surface area contributed by atoms with Crippen LogP contribution in [-0.2, 0) is 6.54 Å². The average Bonchev–Trinajstić information content (AvgIpc) is 2.89. The van der Waals surface area contributed by atoms with Crippen molar-refractivity contribution in [1.29, 1.82) is 0 Å². The van der Waals surface area contributed by atoms with Gasteiger partial charge in [0.05, 0.1) is 0 Å². The Kier molecular flexibility index (Phi) is 4.77. The fourth-order valence-corrected chi connectivity index (χ4v) is 3.04. The number of hydrogen-bond donors (Lipinski definition) is 1. The predicted molar refractivity (Wildman–Crippen MR) is 80.4 cm³/mol. The van der Waals surface area contributed by atoms with E-state index < -0.39 is 0 Å². The highest BCUT2D eigenvalue weighted by Crippen LogP contribution is 2.24. The third-order valence-corrected chi connectivity index (χ3v) is 4.13. The Hall–Kier alpha value is -1.13. The van der Waals surface area contributed by atoms with Gasteiger partial charge in [0, 0.05) is 31.9 Å². The molecule has 1 aromatic rings. The van der Waals surface area contributed by atoms with Crippen molar-refractivity contribution < 1.29 is 0 Å². The fourth-order valence-electron chi connectivity index (χ4n) is 3.04. The third kappa shape index (κ3) is 3.07. The second kappa shape index (κ2) is 6.35. The van der Waals surface area contributed by atoms with Gasteiger partial charge in [0.15, 0.2) is 0 Å². The monoisotopic (exact) mass is 262 g/mol. The van der Waals surface area contributed by atoms with Crippen molar-refractivity contribution >= 4 is 5.82 Å². The molecule has 1 aliphatic rings. The molecule has 0 spiro atoms. The van der Waals surface area contributed by atoms with E-state index >= 15 is 0 Å². The van der Waals surface area contributed by atoms with Crippen molar-refractivity contribution in [2.75, 3.05) is 31.1 Å². The summed E-state index contributed by atoms with van der Waals surface area (Å²) in [5, 5.41) is 0. The molecule has 2 rings (SSSR count). The zero-order valence-electron chi connectivity index (χ0n) is 12.4. The lowest BCUT2D eigenvalue weighted by atomic mass is 10.2. The van der Waals surface area contributed by atoms with Crippen molar-refractivity contribution in [3.05, 3.63) is 23.4 Å². The molecule has 1 unspecified atom stereocenters. The van der Waals surface area contributed by atoms with Gasteiger partial charge in [-0.1, -0.05) is 13.8 Å². The minimum absolute atomic E-state index is 0.566. The molecule has 2 heterocycles. The van der Waals surface area contributed by atoms with E-state index in [0.29, 0.717) is 12.6 Å². The van der Waals surface area contributed by atoms with Gasteiger partial charge in [0.2, 0.25) is 0 Å². The molecule has 1 saturated heterocycles. The Morgan fingerprint density at radius 2 is 2.16 bits per heavy atom. The average molecular weight is 262 g/mol. The molecule has 106 valence electrons. The molecule has 0 radical (unpaired) electrons. The molecule has 0 bridgehead atoms. The van der Waals surface area contributed by atoms with Crippen LogP contribution in [-0.4, -0.2) is 42.1 Å². The molecule has 0 saturated carbocycles. The van der Waals surface area contributed by atoms with Crippen LogP contribution in [0.15, 0.2) is 12.3 Å². The molecular weight excluding hydrogens is 236 g/mol. The zero-order chi connectivity index (χ0) is 13.8. The third-order valence-electron chi connectivity index (χ3n) is 4.13. The van der Waals surface area contributed by atoms with E-state index in [1.807, 2.05) is 6.20 Å². The second-order valence-electron chi connectivity index (χ2n) is 5.30. The van der Waals surface area contributed by atoms with Crippen LogP contribution in [0, 0.1) is 6.92 Å². The topological polar surface area (TPSA) is 45.4 Å². The quantitative estimate of drug-likeness (QED) is 0.878. The number of aryl methyl sites for hydroxylation is 1. The summed E-state index contributed by atoms with van der Waals surface area (Å²) in [7, 11) is 0. The fraction of sp³-hybridized carbons (Fsp3) is 0.667. The molecule has 1 aromatic heterocycles. The molecule has 0 amide bonds. The molecule has 1 aliphatic heterocycles. The molecule has 19 heavy (non-hydrogen) atoms. The summed E-state index contributed by atoms with van der Waals surface area (Å²) in [5.74, 6) is 1.13. The van der Waals surface area contributed by atoms with Crippen molar-refractivity contribution in [1.82, 2.24) is 9.88 Å². The summed E-state index contributed by atoms with van der Waals surface area (Å²) < 4.78 is 0. The zero-order valence-corrected chi connectivity index (χ0v) is 12.4. The highest BCUT2D eigenvalue weighted by atomic mass is 15.3. The molecule has 4 heteroatoms. The van der Waals surface area contributed by atoms with E-state index in [1.54, 1.807) is 0 Å². The van der Waals surface area contributed by atoms with Gasteiger partial charge in [0.25, 0.3) is 0 Å². The van der Waals surface area contributed by atoms with Crippen molar-refractivity contribution in [2.45, 2.75) is 39.8 Å². The molecule has 0 aliphatic carbocycles. The molecule has 2 N–H and O–H groups in total. The molecule has 1 fully saturated rings. The van der Waals surface area contributed by atoms with E-state index in [-0.39, 0.29) is 0 Å². The highest BCUT2D eigenvalue weighted by Gasteiger charge is 2.27. The largest absolute Gasteiger partial charge is 0.355 e. The maximum absolute atomic E-state index is 5.66. The van der Waals surface area contributed by atoms with Crippen LogP contribution >= 0.6 is 0 Å².